The number of halogens is 3. The maximum Gasteiger partial charge on any atom is 0.265 e. The Balaban J connectivity index is 0.00000442. The molecule has 0 saturated heterocycles. The largest absolute Gasteiger partial charge is 1.00 e. The first-order valence-corrected chi connectivity index (χ1v) is 16.8. The minimum atomic E-state index is -0.0302. The molecule has 1 amide bonds. The summed E-state index contributed by atoms with van der Waals surface area (Å²) in [4.78, 5) is 16.7. The van der Waals surface area contributed by atoms with Crippen molar-refractivity contribution in [1.29, 1.82) is 0 Å². The Kier molecular flexibility index (Phi) is 11.9. The summed E-state index contributed by atoms with van der Waals surface area (Å²) in [6.07, 6.45) is 1.97. The molecule has 0 aliphatic heterocycles. The first-order chi connectivity index (χ1) is 20.7. The van der Waals surface area contributed by atoms with Crippen LogP contribution >= 0.6 is 34.5 Å². The fourth-order valence-corrected chi connectivity index (χ4v) is 8.22. The Morgan fingerprint density at radius 1 is 0.818 bits per heavy atom. The zero-order valence-corrected chi connectivity index (χ0v) is 29.9. The summed E-state index contributed by atoms with van der Waals surface area (Å²) in [5.41, 5.74) is 5.17. The molecular weight excluding hydrogens is 671 g/mol. The van der Waals surface area contributed by atoms with Crippen LogP contribution in [0.25, 0.3) is 20.9 Å². The molecule has 44 heavy (non-hydrogen) atoms. The van der Waals surface area contributed by atoms with Crippen LogP contribution in [0.4, 0.5) is 0 Å². The van der Waals surface area contributed by atoms with E-state index in [-0.39, 0.29) is 22.9 Å². The second-order valence-corrected chi connectivity index (χ2v) is 13.7. The van der Waals surface area contributed by atoms with Crippen molar-refractivity contribution in [3.8, 4) is 0 Å². The average molecular weight is 713 g/mol. The van der Waals surface area contributed by atoms with Gasteiger partial charge in [-0.05, 0) is 75.1 Å². The highest BCUT2D eigenvalue weighted by molar-refractivity contribution is 7.21. The monoisotopic (exact) mass is 710 g/mol. The first kappa shape index (κ1) is 34.5. The second kappa shape index (κ2) is 15.2. The van der Waals surface area contributed by atoms with Gasteiger partial charge < -0.3 is 26.4 Å². The van der Waals surface area contributed by atoms with Crippen molar-refractivity contribution in [2.45, 2.75) is 53.6 Å². The van der Waals surface area contributed by atoms with Crippen LogP contribution in [0.2, 0.25) is 10.0 Å². The van der Waals surface area contributed by atoms with Crippen LogP contribution in [-0.4, -0.2) is 41.5 Å². The Morgan fingerprint density at radius 3 is 2.20 bits per heavy atom. The molecule has 0 radical (unpaired) electrons. The lowest BCUT2D eigenvalue weighted by Crippen LogP contribution is -3.00. The van der Waals surface area contributed by atoms with Gasteiger partial charge in [-0.3, -0.25) is 4.79 Å². The standard InChI is InChI=1S/C37H41Cl2N2OS.BrH/c1-5-41(6-2,25-29-21-26(3)20-27(4)22-29)19-10-9-18-40(24-28-16-17-30-12-7-8-13-31(30)23-28)37(42)36-35(39)34-32(38)14-11-15-33(34)43-36;/h7-8,11-17,20-23H,5-6,9-10,18-19,24-25H2,1-4H3;1H/q+1;/p-1. The lowest BCUT2D eigenvalue weighted by molar-refractivity contribution is -0.938. The van der Waals surface area contributed by atoms with Gasteiger partial charge in [-0.1, -0.05) is 95.0 Å². The Labute approximate surface area is 286 Å². The fourth-order valence-electron chi connectivity index (χ4n) is 6.30. The van der Waals surface area contributed by atoms with Gasteiger partial charge in [0.15, 0.2) is 0 Å². The first-order valence-electron chi connectivity index (χ1n) is 15.3. The number of benzene rings is 4. The molecule has 0 aliphatic carbocycles. The predicted molar refractivity (Wildman–Crippen MR) is 186 cm³/mol. The fraction of sp³-hybridized carbons (Fsp3) is 0.324. The van der Waals surface area contributed by atoms with Crippen LogP contribution in [0, 0.1) is 13.8 Å². The maximum absolute atomic E-state index is 14.1. The van der Waals surface area contributed by atoms with E-state index in [1.54, 1.807) is 0 Å². The Hall–Kier alpha value is -2.41. The van der Waals surface area contributed by atoms with E-state index in [0.717, 1.165) is 59.2 Å². The summed E-state index contributed by atoms with van der Waals surface area (Å²) in [6, 6.07) is 27.4. The van der Waals surface area contributed by atoms with Crippen LogP contribution in [0.3, 0.4) is 0 Å². The number of carbonyl (C=O) groups excluding carboxylic acids is 1. The third kappa shape index (κ3) is 7.86. The number of quaternary nitrogens is 1. The van der Waals surface area contributed by atoms with Gasteiger partial charge in [0.25, 0.3) is 5.91 Å². The molecule has 232 valence electrons. The molecule has 1 aromatic heterocycles. The number of aryl methyl sites for hydroxylation is 2. The smallest absolute Gasteiger partial charge is 0.265 e. The van der Waals surface area contributed by atoms with Gasteiger partial charge >= 0.3 is 0 Å². The van der Waals surface area contributed by atoms with Gasteiger partial charge in [-0.25, -0.2) is 0 Å². The molecule has 5 aromatic rings. The molecular formula is C37H41BrCl2N2OS. The molecule has 0 N–H and O–H groups in total. The van der Waals surface area contributed by atoms with E-state index in [4.69, 9.17) is 23.2 Å². The van der Waals surface area contributed by atoms with Gasteiger partial charge in [0, 0.05) is 28.7 Å². The number of rotatable bonds is 12. The van der Waals surface area contributed by atoms with Crippen LogP contribution in [0.5, 0.6) is 0 Å². The molecule has 0 unspecified atom stereocenters. The van der Waals surface area contributed by atoms with Gasteiger partial charge in [-0.15, -0.1) is 11.3 Å². The highest BCUT2D eigenvalue weighted by Gasteiger charge is 2.26. The molecule has 0 saturated carbocycles. The van der Waals surface area contributed by atoms with Crippen molar-refractivity contribution in [3.05, 3.63) is 116 Å². The van der Waals surface area contributed by atoms with Crippen molar-refractivity contribution < 1.29 is 26.3 Å². The predicted octanol–water partition coefficient (Wildman–Crippen LogP) is 7.46. The summed E-state index contributed by atoms with van der Waals surface area (Å²) in [6.45, 7) is 14.5. The van der Waals surface area contributed by atoms with Crippen molar-refractivity contribution in [1.82, 2.24) is 4.90 Å². The van der Waals surface area contributed by atoms with Gasteiger partial charge in [0.1, 0.15) is 11.4 Å². The van der Waals surface area contributed by atoms with E-state index in [1.807, 2.05) is 23.1 Å². The Bertz CT molecular complexity index is 1730. The summed E-state index contributed by atoms with van der Waals surface area (Å²) >= 11 is 14.7. The molecule has 0 bridgehead atoms. The van der Waals surface area contributed by atoms with Gasteiger partial charge in [-0.2, -0.15) is 0 Å². The number of thiophene rings is 1. The van der Waals surface area contributed by atoms with E-state index in [0.29, 0.717) is 28.0 Å². The van der Waals surface area contributed by atoms with Crippen LogP contribution in [0.1, 0.15) is 58.6 Å². The number of nitrogens with zero attached hydrogens (tertiary/aromatic N) is 2. The molecule has 1 heterocycles. The minimum absolute atomic E-state index is 0. The Morgan fingerprint density at radius 2 is 1.52 bits per heavy atom. The molecule has 5 rings (SSSR count). The van der Waals surface area contributed by atoms with E-state index >= 15 is 0 Å². The number of unbranched alkanes of at least 4 members (excludes halogenated alkanes) is 1. The molecule has 7 heteroatoms. The second-order valence-electron chi connectivity index (χ2n) is 11.8. The normalized spacial score (nSPS) is 11.6. The number of fused-ring (bicyclic) bond motifs is 2. The third-order valence-electron chi connectivity index (χ3n) is 8.73. The zero-order valence-electron chi connectivity index (χ0n) is 26.0. The summed E-state index contributed by atoms with van der Waals surface area (Å²) in [5, 5.41) is 4.18. The molecule has 0 fully saturated rings. The average Bonchev–Trinajstić information content (AvgIpc) is 3.34. The quantitative estimate of drug-likeness (QED) is 0.0973. The van der Waals surface area contributed by atoms with E-state index in [1.165, 1.54) is 38.8 Å². The van der Waals surface area contributed by atoms with E-state index < -0.39 is 0 Å². The van der Waals surface area contributed by atoms with Crippen molar-refractivity contribution in [2.75, 3.05) is 26.2 Å². The summed E-state index contributed by atoms with van der Waals surface area (Å²) in [7, 11) is 0. The van der Waals surface area contributed by atoms with Crippen LogP contribution < -0.4 is 17.0 Å². The van der Waals surface area contributed by atoms with Crippen molar-refractivity contribution in [3.63, 3.8) is 0 Å². The minimum Gasteiger partial charge on any atom is -1.00 e. The highest BCUT2D eigenvalue weighted by atomic mass is 79.9. The molecule has 4 aromatic carbocycles. The van der Waals surface area contributed by atoms with Crippen molar-refractivity contribution >= 4 is 61.3 Å². The lowest BCUT2D eigenvalue weighted by Gasteiger charge is -2.37. The topological polar surface area (TPSA) is 20.3 Å². The van der Waals surface area contributed by atoms with Gasteiger partial charge in [0.2, 0.25) is 0 Å². The summed E-state index contributed by atoms with van der Waals surface area (Å²) < 4.78 is 1.98. The number of amides is 1. The number of hydrogen-bond donors (Lipinski definition) is 0. The van der Waals surface area contributed by atoms with Gasteiger partial charge in [0.05, 0.1) is 29.7 Å². The SMILES string of the molecule is CC[N+](CC)(CCCCN(Cc1ccc2ccccc2c1)C(=O)c1sc2cccc(Cl)c2c1Cl)Cc1cc(C)cc(C)c1.[Br-]. The molecule has 0 aliphatic rings. The van der Waals surface area contributed by atoms with E-state index in [2.05, 4.69) is 88.4 Å². The number of carbonyl (C=O) groups is 1. The van der Waals surface area contributed by atoms with Crippen molar-refractivity contribution in [2.24, 2.45) is 0 Å². The molecule has 0 atom stereocenters. The highest BCUT2D eigenvalue weighted by Crippen LogP contribution is 2.40. The third-order valence-corrected chi connectivity index (χ3v) is 10.7. The summed E-state index contributed by atoms with van der Waals surface area (Å²) in [5.74, 6) is -0.0302. The van der Waals surface area contributed by atoms with Crippen LogP contribution in [0.15, 0.2) is 78.9 Å². The molecule has 3 nitrogen and oxygen atoms in total. The molecule has 0 spiro atoms. The number of hydrogen-bond acceptors (Lipinski definition) is 2. The lowest BCUT2D eigenvalue weighted by atomic mass is 10.1. The van der Waals surface area contributed by atoms with E-state index in [9.17, 15) is 4.79 Å². The maximum atomic E-state index is 14.1. The zero-order chi connectivity index (χ0) is 30.6. The van der Waals surface area contributed by atoms with Crippen LogP contribution in [-0.2, 0) is 13.1 Å².